The molecule has 0 aliphatic carbocycles. The second-order valence-electron chi connectivity index (χ2n) is 5.20. The summed E-state index contributed by atoms with van der Waals surface area (Å²) in [4.78, 5) is 33.9. The van der Waals surface area contributed by atoms with Crippen molar-refractivity contribution >= 4 is 86.4 Å². The molecule has 0 unspecified atom stereocenters. The maximum absolute atomic E-state index is 11.6. The average Bonchev–Trinajstić information content (AvgIpc) is 2.01. The van der Waals surface area contributed by atoms with E-state index in [1.165, 1.54) is 13.8 Å². The summed E-state index contributed by atoms with van der Waals surface area (Å²) < 4.78 is 0. The van der Waals surface area contributed by atoms with Gasteiger partial charge in [-0.25, -0.2) is 0 Å². The van der Waals surface area contributed by atoms with Crippen molar-refractivity contribution in [3.05, 3.63) is 0 Å². The van der Waals surface area contributed by atoms with Gasteiger partial charge in [0, 0.05) is 5.41 Å². The zero-order valence-corrected chi connectivity index (χ0v) is 9.88. The van der Waals surface area contributed by atoms with Crippen LogP contribution in [0.5, 0.6) is 0 Å². The number of rotatable bonds is 4. The fourth-order valence-electron chi connectivity index (χ4n) is 0.751. The molecule has 0 amide bonds. The molecule has 0 saturated heterocycles. The number of Topliss-reactive ketones (excluding diaryl/α,β-unsaturated/α-hetero) is 2. The van der Waals surface area contributed by atoms with Crippen LogP contribution in [0.4, 0.5) is 0 Å². The third-order valence-electron chi connectivity index (χ3n) is 2.39. The van der Waals surface area contributed by atoms with Crippen LogP contribution >= 0.6 is 0 Å². The van der Waals surface area contributed by atoms with Gasteiger partial charge in [0.15, 0.2) is 5.78 Å². The van der Waals surface area contributed by atoms with E-state index in [1.54, 1.807) is 20.8 Å². The van der Waals surface area contributed by atoms with Crippen LogP contribution in [0.2, 0.25) is 0 Å². The number of ketones is 2. The third-order valence-corrected chi connectivity index (χ3v) is 2.39. The van der Waals surface area contributed by atoms with Crippen molar-refractivity contribution in [3.8, 4) is 0 Å². The van der Waals surface area contributed by atoms with E-state index in [2.05, 4.69) is 0 Å². The molecule has 0 aliphatic rings. The predicted octanol–water partition coefficient (Wildman–Crippen LogP) is 1.02. The third kappa shape index (κ3) is 5.46. The number of carboxylic acids is 1. The summed E-state index contributed by atoms with van der Waals surface area (Å²) in [5, 5.41) is 8.80. The Morgan fingerprint density at radius 3 is 1.56 bits per heavy atom. The minimum atomic E-state index is -1.49. The minimum absolute atomic E-state index is 0. The van der Waals surface area contributed by atoms with Crippen LogP contribution in [0.15, 0.2) is 0 Å². The zero-order chi connectivity index (χ0) is 12.4. The average molecular weight is 348 g/mol. The molecule has 0 aromatic rings. The molecular weight excluding hydrogens is 329 g/mol. The van der Waals surface area contributed by atoms with Gasteiger partial charge >= 0.3 is 74.9 Å². The molecule has 0 bridgehead atoms. The van der Waals surface area contributed by atoms with Crippen molar-refractivity contribution in [3.63, 3.8) is 0 Å². The first-order valence-electron chi connectivity index (χ1n) is 4.79. The Kier molecular flexibility index (Phi) is 8.05. The van der Waals surface area contributed by atoms with Crippen LogP contribution in [-0.4, -0.2) is 91.5 Å². The van der Waals surface area contributed by atoms with Crippen molar-refractivity contribution in [1.29, 1.82) is 0 Å². The topological polar surface area (TPSA) is 71.4 Å². The molecule has 0 rings (SSSR count). The van der Waals surface area contributed by atoms with Gasteiger partial charge in [0.2, 0.25) is 0 Å². The fourth-order valence-corrected chi connectivity index (χ4v) is 0.751. The quantitative estimate of drug-likeness (QED) is 0.771. The molecule has 0 aromatic carbocycles. The summed E-state index contributed by atoms with van der Waals surface area (Å²) in [6, 6.07) is 0. The Morgan fingerprint density at radius 1 is 0.938 bits per heavy atom. The zero-order valence-electron chi connectivity index (χ0n) is 9.88. The number of carbonyl (C=O) groups excluding carboxylic acids is 2. The molecule has 4 nitrogen and oxygen atoms in total. The number of carboxylic acid groups (broad SMARTS) is 1. The van der Waals surface area contributed by atoms with Crippen molar-refractivity contribution < 1.29 is 19.5 Å². The Bertz CT molecular complexity index is 300. The SMILES string of the molecule is CC(C)(C)C(=O)CC(=O)C(C)(C)C(=O)O.[CsH]. The molecule has 0 saturated carbocycles. The van der Waals surface area contributed by atoms with Crippen LogP contribution in [0.3, 0.4) is 0 Å². The number of carbonyl (C=O) groups is 3. The molecule has 0 aromatic heterocycles. The molecule has 0 atom stereocenters. The van der Waals surface area contributed by atoms with Gasteiger partial charge < -0.3 is 5.11 Å². The monoisotopic (exact) mass is 348 g/mol. The van der Waals surface area contributed by atoms with Crippen molar-refractivity contribution in [2.24, 2.45) is 10.8 Å². The summed E-state index contributed by atoms with van der Waals surface area (Å²) in [6.45, 7) is 7.74. The van der Waals surface area contributed by atoms with Gasteiger partial charge in [0.05, 0.1) is 6.42 Å². The predicted molar refractivity (Wildman–Crippen MR) is 62.7 cm³/mol. The van der Waals surface area contributed by atoms with E-state index in [0.29, 0.717) is 0 Å². The van der Waals surface area contributed by atoms with E-state index >= 15 is 0 Å². The van der Waals surface area contributed by atoms with Crippen LogP contribution in [0.25, 0.3) is 0 Å². The Hall–Kier alpha value is 0.862. The van der Waals surface area contributed by atoms with Gasteiger partial charge in [0.1, 0.15) is 11.2 Å². The Labute approximate surface area is 155 Å². The Balaban J connectivity index is 0. The molecule has 0 fully saturated rings. The summed E-state index contributed by atoms with van der Waals surface area (Å²) in [6.07, 6.45) is -0.317. The van der Waals surface area contributed by atoms with Crippen LogP contribution in [-0.2, 0) is 14.4 Å². The molecule has 0 aliphatic heterocycles. The van der Waals surface area contributed by atoms with Gasteiger partial charge in [0.25, 0.3) is 0 Å². The summed E-state index contributed by atoms with van der Waals surface area (Å²) >= 11 is 0. The first kappa shape index (κ1) is 19.2. The Morgan fingerprint density at radius 2 is 1.31 bits per heavy atom. The van der Waals surface area contributed by atoms with Crippen molar-refractivity contribution in [1.82, 2.24) is 0 Å². The first-order chi connectivity index (χ1) is 6.49. The second-order valence-corrected chi connectivity index (χ2v) is 5.20. The molecule has 0 heterocycles. The van der Waals surface area contributed by atoms with Gasteiger partial charge in [-0.2, -0.15) is 0 Å². The van der Waals surface area contributed by atoms with E-state index < -0.39 is 22.6 Å². The standard InChI is InChI=1S/C11H18O4.Cs.H/c1-10(2,3)7(12)6-8(13)11(4,5)9(14)15;;/h6H2,1-5H3,(H,14,15);;. The normalized spacial score (nSPS) is 11.6. The van der Waals surface area contributed by atoms with E-state index in [-0.39, 0.29) is 81.1 Å². The molecule has 5 heteroatoms. The van der Waals surface area contributed by atoms with E-state index in [0.717, 1.165) is 0 Å². The maximum atomic E-state index is 11.6. The second kappa shape index (κ2) is 6.70. The summed E-state index contributed by atoms with van der Waals surface area (Å²) in [5.74, 6) is -1.98. The van der Waals surface area contributed by atoms with E-state index in [1.807, 2.05) is 0 Å². The van der Waals surface area contributed by atoms with Crippen LogP contribution in [0.1, 0.15) is 41.0 Å². The van der Waals surface area contributed by atoms with Gasteiger partial charge in [-0.3, -0.25) is 14.4 Å². The molecule has 88 valence electrons. The van der Waals surface area contributed by atoms with Gasteiger partial charge in [-0.1, -0.05) is 20.8 Å². The molecule has 0 radical (unpaired) electrons. The van der Waals surface area contributed by atoms with Gasteiger partial charge in [-0.15, -0.1) is 0 Å². The summed E-state index contributed by atoms with van der Waals surface area (Å²) in [7, 11) is 0. The van der Waals surface area contributed by atoms with E-state index in [4.69, 9.17) is 5.11 Å². The van der Waals surface area contributed by atoms with Gasteiger partial charge in [-0.05, 0) is 13.8 Å². The molecular formula is C11H19CsO4. The van der Waals surface area contributed by atoms with Crippen molar-refractivity contribution in [2.75, 3.05) is 0 Å². The molecule has 0 spiro atoms. The van der Waals surface area contributed by atoms with Crippen LogP contribution < -0.4 is 0 Å². The molecule has 1 N–H and O–H groups in total. The van der Waals surface area contributed by atoms with Crippen molar-refractivity contribution in [2.45, 2.75) is 41.0 Å². The number of hydrogen-bond acceptors (Lipinski definition) is 3. The molecule has 16 heavy (non-hydrogen) atoms. The fraction of sp³-hybridized carbons (Fsp3) is 0.727. The number of aliphatic carboxylic acids is 1. The summed E-state index contributed by atoms with van der Waals surface area (Å²) in [5.41, 5.74) is -2.09. The number of hydrogen-bond donors (Lipinski definition) is 1. The van der Waals surface area contributed by atoms with E-state index in [9.17, 15) is 14.4 Å². The first-order valence-corrected chi connectivity index (χ1v) is 4.79. The van der Waals surface area contributed by atoms with Crippen LogP contribution in [0, 0.1) is 10.8 Å².